The molecule has 3 N–H and O–H groups in total. The number of nitrogens with zero attached hydrogens (tertiary/aromatic N) is 1. The van der Waals surface area contributed by atoms with Crippen LogP contribution in [-0.4, -0.2) is 54.1 Å². The van der Waals surface area contributed by atoms with Crippen molar-refractivity contribution in [2.75, 3.05) is 31.5 Å². The Morgan fingerprint density at radius 2 is 2.25 bits per heavy atom. The van der Waals surface area contributed by atoms with Gasteiger partial charge in [0.05, 0.1) is 23.8 Å². The van der Waals surface area contributed by atoms with Crippen LogP contribution < -0.4 is 10.6 Å². The van der Waals surface area contributed by atoms with Gasteiger partial charge in [-0.3, -0.25) is 14.5 Å². The summed E-state index contributed by atoms with van der Waals surface area (Å²) in [6.07, 6.45) is 1.19. The van der Waals surface area contributed by atoms with Crippen molar-refractivity contribution in [1.82, 2.24) is 10.2 Å². The number of anilines is 1. The van der Waals surface area contributed by atoms with Crippen LogP contribution in [0, 0.1) is 11.2 Å². The first-order chi connectivity index (χ1) is 11.5. The van der Waals surface area contributed by atoms with Gasteiger partial charge in [-0.25, -0.2) is 4.39 Å². The van der Waals surface area contributed by atoms with Crippen molar-refractivity contribution in [2.24, 2.45) is 5.41 Å². The lowest BCUT2D eigenvalue weighted by Crippen LogP contribution is -2.61. The fraction of sp³-hybridized carbons (Fsp3) is 0.529. The molecule has 0 unspecified atom stereocenters. The molecule has 2 atom stereocenters. The average molecular weight is 335 g/mol. The number of aliphatic hydroxyl groups excluding tert-OH is 1. The maximum atomic E-state index is 13.6. The van der Waals surface area contributed by atoms with Gasteiger partial charge in [-0.05, 0) is 31.4 Å². The maximum absolute atomic E-state index is 13.6. The molecule has 0 aromatic heterocycles. The van der Waals surface area contributed by atoms with Gasteiger partial charge in [0.1, 0.15) is 5.82 Å². The number of rotatable bonds is 3. The molecule has 3 rings (SSSR count). The van der Waals surface area contributed by atoms with E-state index in [-0.39, 0.29) is 24.0 Å². The van der Waals surface area contributed by atoms with Crippen LogP contribution in [-0.2, 0) is 9.59 Å². The van der Waals surface area contributed by atoms with E-state index in [4.69, 9.17) is 0 Å². The van der Waals surface area contributed by atoms with Crippen LogP contribution in [0.2, 0.25) is 0 Å². The highest BCUT2D eigenvalue weighted by atomic mass is 19.1. The molecule has 1 aromatic carbocycles. The van der Waals surface area contributed by atoms with E-state index in [1.165, 1.54) is 12.1 Å². The number of nitrogens with one attached hydrogen (secondary N) is 2. The Morgan fingerprint density at radius 3 is 3.00 bits per heavy atom. The molecule has 0 bridgehead atoms. The van der Waals surface area contributed by atoms with Crippen molar-refractivity contribution >= 4 is 17.5 Å². The van der Waals surface area contributed by atoms with Crippen molar-refractivity contribution < 1.29 is 19.1 Å². The fourth-order valence-electron chi connectivity index (χ4n) is 3.62. The average Bonchev–Trinajstić information content (AvgIpc) is 2.56. The molecule has 1 aromatic rings. The van der Waals surface area contributed by atoms with Crippen LogP contribution in [0.15, 0.2) is 24.3 Å². The van der Waals surface area contributed by atoms with Crippen LogP contribution in [0.25, 0.3) is 0 Å². The number of halogens is 1. The van der Waals surface area contributed by atoms with Crippen LogP contribution >= 0.6 is 0 Å². The first kappa shape index (κ1) is 16.9. The zero-order valence-electron chi connectivity index (χ0n) is 13.4. The molecule has 0 aliphatic carbocycles. The number of benzene rings is 1. The second-order valence-corrected chi connectivity index (χ2v) is 6.56. The van der Waals surface area contributed by atoms with E-state index < -0.39 is 17.3 Å². The van der Waals surface area contributed by atoms with E-state index >= 15 is 0 Å². The number of piperidine rings is 2. The van der Waals surface area contributed by atoms with Gasteiger partial charge in [0, 0.05) is 19.6 Å². The number of likely N-dealkylation sites (tertiary alicyclic amines) is 1. The van der Waals surface area contributed by atoms with Crippen molar-refractivity contribution in [3.8, 4) is 0 Å². The summed E-state index contributed by atoms with van der Waals surface area (Å²) in [5.74, 6) is -0.952. The molecule has 0 saturated carbocycles. The monoisotopic (exact) mass is 335 g/mol. The number of para-hydroxylation sites is 1. The highest BCUT2D eigenvalue weighted by Crippen LogP contribution is 2.37. The Kier molecular flexibility index (Phi) is 4.82. The Bertz CT molecular complexity index is 639. The van der Waals surface area contributed by atoms with Gasteiger partial charge in [0.15, 0.2) is 0 Å². The zero-order valence-corrected chi connectivity index (χ0v) is 13.4. The fourth-order valence-corrected chi connectivity index (χ4v) is 3.62. The smallest absolute Gasteiger partial charge is 0.238 e. The first-order valence-electron chi connectivity index (χ1n) is 8.24. The van der Waals surface area contributed by atoms with Crippen molar-refractivity contribution in [1.29, 1.82) is 0 Å². The minimum absolute atomic E-state index is 0.0656. The van der Waals surface area contributed by atoms with Gasteiger partial charge in [0.2, 0.25) is 11.8 Å². The predicted molar refractivity (Wildman–Crippen MR) is 86.8 cm³/mol. The van der Waals surface area contributed by atoms with Gasteiger partial charge in [-0.1, -0.05) is 12.1 Å². The summed E-state index contributed by atoms with van der Waals surface area (Å²) < 4.78 is 13.6. The van der Waals surface area contributed by atoms with Crippen molar-refractivity contribution in [2.45, 2.75) is 25.4 Å². The van der Waals surface area contributed by atoms with E-state index in [2.05, 4.69) is 10.6 Å². The van der Waals surface area contributed by atoms with Gasteiger partial charge in [-0.15, -0.1) is 0 Å². The first-order valence-corrected chi connectivity index (χ1v) is 8.24. The molecule has 0 radical (unpaired) electrons. The van der Waals surface area contributed by atoms with E-state index in [1.807, 2.05) is 4.90 Å². The normalized spacial score (nSPS) is 27.8. The van der Waals surface area contributed by atoms with E-state index in [0.717, 1.165) is 6.42 Å². The number of carbonyl (C=O) groups excluding carboxylic acids is 2. The molecule has 24 heavy (non-hydrogen) atoms. The third kappa shape index (κ3) is 3.27. The molecule has 2 heterocycles. The second-order valence-electron chi connectivity index (χ2n) is 6.56. The molecule has 7 heteroatoms. The largest absolute Gasteiger partial charge is 0.392 e. The number of hydrogen-bond donors (Lipinski definition) is 3. The Balaban J connectivity index is 1.64. The van der Waals surface area contributed by atoms with E-state index in [1.54, 1.807) is 12.1 Å². The number of aliphatic hydroxyl groups is 1. The molecular formula is C17H22FN3O3. The molecule has 2 aliphatic heterocycles. The lowest BCUT2D eigenvalue weighted by molar-refractivity contribution is -0.150. The molecule has 2 amide bonds. The van der Waals surface area contributed by atoms with Gasteiger partial charge in [0.25, 0.3) is 0 Å². The summed E-state index contributed by atoms with van der Waals surface area (Å²) in [6.45, 7) is 1.56. The van der Waals surface area contributed by atoms with Gasteiger partial charge < -0.3 is 15.7 Å². The maximum Gasteiger partial charge on any atom is 0.238 e. The third-order valence-electron chi connectivity index (χ3n) is 4.91. The summed E-state index contributed by atoms with van der Waals surface area (Å²) >= 11 is 0. The second kappa shape index (κ2) is 6.86. The number of hydrogen-bond acceptors (Lipinski definition) is 4. The van der Waals surface area contributed by atoms with E-state index in [0.29, 0.717) is 32.5 Å². The zero-order chi connectivity index (χ0) is 17.2. The molecular weight excluding hydrogens is 313 g/mol. The van der Waals surface area contributed by atoms with Crippen LogP contribution in [0.1, 0.15) is 19.3 Å². The van der Waals surface area contributed by atoms with Crippen molar-refractivity contribution in [3.63, 3.8) is 0 Å². The lowest BCUT2D eigenvalue weighted by atomic mass is 9.71. The molecule has 2 saturated heterocycles. The number of carbonyl (C=O) groups is 2. The Morgan fingerprint density at radius 1 is 1.46 bits per heavy atom. The van der Waals surface area contributed by atoms with E-state index in [9.17, 15) is 19.1 Å². The highest BCUT2D eigenvalue weighted by molar-refractivity contribution is 5.92. The molecule has 1 spiro atoms. The number of amides is 2. The summed E-state index contributed by atoms with van der Waals surface area (Å²) in [7, 11) is 0. The van der Waals surface area contributed by atoms with Gasteiger partial charge >= 0.3 is 0 Å². The Hall–Kier alpha value is -1.99. The van der Waals surface area contributed by atoms with Gasteiger partial charge in [-0.2, -0.15) is 0 Å². The lowest BCUT2D eigenvalue weighted by Gasteiger charge is -2.46. The molecule has 6 nitrogen and oxygen atoms in total. The topological polar surface area (TPSA) is 81.7 Å². The van der Waals surface area contributed by atoms with Crippen LogP contribution in [0.4, 0.5) is 10.1 Å². The summed E-state index contributed by atoms with van der Waals surface area (Å²) in [6, 6.07) is 6.00. The predicted octanol–water partition coefficient (Wildman–Crippen LogP) is 0.727. The summed E-state index contributed by atoms with van der Waals surface area (Å²) in [5, 5.41) is 15.7. The third-order valence-corrected chi connectivity index (χ3v) is 4.91. The summed E-state index contributed by atoms with van der Waals surface area (Å²) in [4.78, 5) is 26.3. The molecule has 2 fully saturated rings. The van der Waals surface area contributed by atoms with Crippen LogP contribution in [0.5, 0.6) is 0 Å². The minimum atomic E-state index is -0.839. The SMILES string of the molecule is O=C(CN1CC[C@@H](O)[C@@]2(CCCNC2=O)C1)Nc1ccccc1F. The minimum Gasteiger partial charge on any atom is -0.392 e. The highest BCUT2D eigenvalue weighted by Gasteiger charge is 2.49. The van der Waals surface area contributed by atoms with Crippen molar-refractivity contribution in [3.05, 3.63) is 30.1 Å². The summed E-state index contributed by atoms with van der Waals surface area (Å²) in [5.41, 5.74) is -0.695. The standard InChI is InChI=1S/C17H22FN3O3/c18-12-4-1-2-5-13(12)20-15(23)10-21-9-6-14(22)17(11-21)7-3-8-19-16(17)24/h1-2,4-5,14,22H,3,6-11H2,(H,19,24)(H,20,23)/t14-,17-/m1/s1. The quantitative estimate of drug-likeness (QED) is 0.761. The van der Waals surface area contributed by atoms with Crippen LogP contribution in [0.3, 0.4) is 0 Å². The molecule has 130 valence electrons. The molecule has 2 aliphatic rings. The Labute approximate surface area is 140 Å².